The van der Waals surface area contributed by atoms with E-state index >= 15 is 0 Å². The smallest absolute Gasteiger partial charge is 0.261 e. The molecule has 0 bridgehead atoms. The van der Waals surface area contributed by atoms with Gasteiger partial charge in [0.15, 0.2) is 6.61 Å². The van der Waals surface area contributed by atoms with Crippen LogP contribution in [0.3, 0.4) is 0 Å². The van der Waals surface area contributed by atoms with Gasteiger partial charge in [-0.15, -0.1) is 0 Å². The lowest BCUT2D eigenvalue weighted by Gasteiger charge is -2.27. The molecule has 2 heterocycles. The zero-order chi connectivity index (χ0) is 31.3. The van der Waals surface area contributed by atoms with Crippen LogP contribution in [0.5, 0.6) is 5.75 Å². The van der Waals surface area contributed by atoms with E-state index in [-0.39, 0.29) is 35.8 Å². The second-order valence-corrected chi connectivity index (χ2v) is 10.9. The van der Waals surface area contributed by atoms with E-state index in [1.807, 2.05) is 13.8 Å². The fraction of sp³-hybridized carbons (Fsp3) is 0.387. The molecule has 0 radical (unpaired) electrons. The van der Waals surface area contributed by atoms with E-state index in [1.54, 1.807) is 13.0 Å². The number of ether oxygens (including phenoxy) is 1. The van der Waals surface area contributed by atoms with E-state index in [1.165, 1.54) is 41.3 Å². The Kier molecular flexibility index (Phi) is 9.92. The van der Waals surface area contributed by atoms with E-state index in [4.69, 9.17) is 14.9 Å². The Morgan fingerprint density at radius 1 is 1.14 bits per heavy atom. The molecule has 2 atom stereocenters. The van der Waals surface area contributed by atoms with E-state index in [0.717, 1.165) is 0 Å². The molecule has 1 aromatic heterocycles. The summed E-state index contributed by atoms with van der Waals surface area (Å²) in [6.07, 6.45) is 1.29. The van der Waals surface area contributed by atoms with Crippen molar-refractivity contribution >= 4 is 34.6 Å². The maximum Gasteiger partial charge on any atom is 0.261 e. The van der Waals surface area contributed by atoms with E-state index in [9.17, 15) is 28.4 Å². The summed E-state index contributed by atoms with van der Waals surface area (Å²) in [5.41, 5.74) is 6.12. The Bertz CT molecular complexity index is 1590. The number of carbonyl (C=O) groups excluding carboxylic acids is 4. The molecule has 0 spiro atoms. The van der Waals surface area contributed by atoms with Crippen molar-refractivity contribution in [3.8, 4) is 16.9 Å². The lowest BCUT2D eigenvalue weighted by atomic mass is 10.0. The molecule has 4 N–H and O–H groups in total. The summed E-state index contributed by atoms with van der Waals surface area (Å²) in [6.45, 7) is 5.00. The third kappa shape index (κ3) is 7.44. The van der Waals surface area contributed by atoms with Gasteiger partial charge in [0.1, 0.15) is 35.0 Å². The summed E-state index contributed by atoms with van der Waals surface area (Å²) in [4.78, 5) is 65.0. The van der Waals surface area contributed by atoms with E-state index in [0.29, 0.717) is 48.1 Å². The molecule has 43 heavy (non-hydrogen) atoms. The van der Waals surface area contributed by atoms with Gasteiger partial charge >= 0.3 is 0 Å². The lowest BCUT2D eigenvalue weighted by Crippen LogP contribution is -2.55. The average Bonchev–Trinajstić information content (AvgIpc) is 3.46. The molecule has 2 aromatic carbocycles. The van der Waals surface area contributed by atoms with Crippen LogP contribution in [0.1, 0.15) is 38.9 Å². The second kappa shape index (κ2) is 13.6. The number of imide groups is 1. The van der Waals surface area contributed by atoms with Gasteiger partial charge in [0.2, 0.25) is 23.2 Å². The number of fused-ring (bicyclic) bond motifs is 1. The van der Waals surface area contributed by atoms with Crippen LogP contribution in [0, 0.1) is 18.7 Å². The minimum Gasteiger partial charge on any atom is -0.484 e. The van der Waals surface area contributed by atoms with Crippen LogP contribution in [-0.2, 0) is 19.2 Å². The number of nitrogens with two attached hydrogens (primary N) is 1. The van der Waals surface area contributed by atoms with Crippen LogP contribution in [0.2, 0.25) is 0 Å². The molecule has 2 unspecified atom stereocenters. The van der Waals surface area contributed by atoms with Crippen LogP contribution in [-0.4, -0.2) is 60.3 Å². The number of benzene rings is 2. The van der Waals surface area contributed by atoms with Gasteiger partial charge in [-0.05, 0) is 61.9 Å². The van der Waals surface area contributed by atoms with Crippen molar-refractivity contribution in [2.24, 2.45) is 11.7 Å². The van der Waals surface area contributed by atoms with Crippen LogP contribution < -0.4 is 26.5 Å². The maximum atomic E-state index is 13.4. The number of carbonyl (C=O) groups is 4. The van der Waals surface area contributed by atoms with Gasteiger partial charge in [-0.3, -0.25) is 29.3 Å². The van der Waals surface area contributed by atoms with Crippen LogP contribution in [0.15, 0.2) is 51.7 Å². The first-order valence-electron chi connectivity index (χ1n) is 14.1. The molecule has 4 amide bonds. The summed E-state index contributed by atoms with van der Waals surface area (Å²) >= 11 is 0. The molecule has 1 aliphatic rings. The largest absolute Gasteiger partial charge is 0.484 e. The number of hydrogen-bond donors (Lipinski definition) is 3. The molecule has 1 fully saturated rings. The molecular formula is C31H35FN4O7. The third-order valence-corrected chi connectivity index (χ3v) is 7.20. The summed E-state index contributed by atoms with van der Waals surface area (Å²) in [6, 6.07) is 8.39. The predicted octanol–water partition coefficient (Wildman–Crippen LogP) is 2.41. The minimum atomic E-state index is -0.962. The topological polar surface area (TPSA) is 161 Å². The minimum absolute atomic E-state index is 0.0448. The maximum absolute atomic E-state index is 13.4. The molecule has 0 aliphatic carbocycles. The molecule has 12 heteroatoms. The Labute approximate surface area is 247 Å². The van der Waals surface area contributed by atoms with Gasteiger partial charge in [-0.2, -0.15) is 0 Å². The molecule has 1 aliphatic heterocycles. The van der Waals surface area contributed by atoms with Crippen molar-refractivity contribution in [2.45, 2.75) is 52.1 Å². The molecule has 11 nitrogen and oxygen atoms in total. The highest BCUT2D eigenvalue weighted by molar-refractivity contribution is 6.00. The first kappa shape index (κ1) is 31.4. The standard InChI is InChI=1S/C31H35FN4O7/c1-17(2)13-23(30(40)35-26(37)15-33)34-31(41)24-5-4-12-36(24)27(38)16-42-21-10-11-22-25(14-21)43-18(3)28(29(22)39)19-6-8-20(32)9-7-19/h6-11,14,17,23-24H,4-5,12-13,15-16,33H2,1-3H3,(H,34,41)(H,35,37,40). The van der Waals surface area contributed by atoms with Crippen molar-refractivity contribution in [1.29, 1.82) is 0 Å². The van der Waals surface area contributed by atoms with Crippen molar-refractivity contribution in [3.63, 3.8) is 0 Å². The zero-order valence-corrected chi connectivity index (χ0v) is 24.3. The number of halogens is 1. The normalized spacial score (nSPS) is 15.4. The van der Waals surface area contributed by atoms with E-state index in [2.05, 4.69) is 10.6 Å². The summed E-state index contributed by atoms with van der Waals surface area (Å²) in [7, 11) is 0. The third-order valence-electron chi connectivity index (χ3n) is 7.20. The molecular weight excluding hydrogens is 559 g/mol. The quantitative estimate of drug-likeness (QED) is 0.323. The molecule has 4 rings (SSSR count). The Morgan fingerprint density at radius 2 is 1.86 bits per heavy atom. The van der Waals surface area contributed by atoms with Crippen LogP contribution in [0.4, 0.5) is 4.39 Å². The van der Waals surface area contributed by atoms with Crippen LogP contribution in [0.25, 0.3) is 22.1 Å². The van der Waals surface area contributed by atoms with E-state index < -0.39 is 41.5 Å². The zero-order valence-electron chi connectivity index (χ0n) is 24.3. The molecule has 1 saturated heterocycles. The highest BCUT2D eigenvalue weighted by atomic mass is 19.1. The Balaban J connectivity index is 1.43. The van der Waals surface area contributed by atoms with Gasteiger partial charge in [-0.1, -0.05) is 26.0 Å². The molecule has 228 valence electrons. The number of hydrogen-bond acceptors (Lipinski definition) is 8. The highest BCUT2D eigenvalue weighted by Gasteiger charge is 2.36. The van der Waals surface area contributed by atoms with Crippen molar-refractivity contribution in [3.05, 3.63) is 64.3 Å². The number of nitrogens with one attached hydrogen (secondary N) is 2. The fourth-order valence-electron chi connectivity index (χ4n) is 5.14. The first-order valence-corrected chi connectivity index (χ1v) is 14.1. The first-order chi connectivity index (χ1) is 20.5. The van der Waals surface area contributed by atoms with Crippen molar-refractivity contribution < 1.29 is 32.7 Å². The SMILES string of the molecule is Cc1oc2cc(OCC(=O)N3CCCC3C(=O)NC(CC(C)C)C(=O)NC(=O)CN)ccc2c(=O)c1-c1ccc(F)cc1. The van der Waals surface area contributed by atoms with Gasteiger partial charge in [-0.25, -0.2) is 4.39 Å². The number of amides is 4. The summed E-state index contributed by atoms with van der Waals surface area (Å²) < 4.78 is 25.0. The second-order valence-electron chi connectivity index (χ2n) is 10.9. The average molecular weight is 595 g/mol. The Morgan fingerprint density at radius 3 is 2.53 bits per heavy atom. The number of likely N-dealkylation sites (tertiary alicyclic amines) is 1. The molecule has 3 aromatic rings. The summed E-state index contributed by atoms with van der Waals surface area (Å²) in [5, 5.41) is 5.16. The van der Waals surface area contributed by atoms with Crippen LogP contribution >= 0.6 is 0 Å². The van der Waals surface area contributed by atoms with Gasteiger partial charge < -0.3 is 25.1 Å². The monoisotopic (exact) mass is 594 g/mol. The number of aryl methyl sites for hydroxylation is 1. The predicted molar refractivity (Wildman–Crippen MR) is 156 cm³/mol. The van der Waals surface area contributed by atoms with Gasteiger partial charge in [0.05, 0.1) is 17.5 Å². The lowest BCUT2D eigenvalue weighted by molar-refractivity contribution is -0.141. The fourth-order valence-corrected chi connectivity index (χ4v) is 5.14. The highest BCUT2D eigenvalue weighted by Crippen LogP contribution is 2.27. The van der Waals surface area contributed by atoms with Crippen molar-refractivity contribution in [1.82, 2.24) is 15.5 Å². The van der Waals surface area contributed by atoms with Crippen molar-refractivity contribution in [2.75, 3.05) is 19.7 Å². The van der Waals surface area contributed by atoms with Gasteiger partial charge in [0, 0.05) is 12.6 Å². The molecule has 0 saturated carbocycles. The Hall–Kier alpha value is -4.58. The summed E-state index contributed by atoms with van der Waals surface area (Å²) in [5.74, 6) is -1.96. The number of nitrogens with zero attached hydrogens (tertiary/aromatic N) is 1. The number of rotatable bonds is 10. The van der Waals surface area contributed by atoms with Gasteiger partial charge in [0.25, 0.3) is 5.91 Å².